The average Bonchev–Trinajstić information content (AvgIpc) is 1.56. The molecule has 2 spiro atoms. The van der Waals surface area contributed by atoms with Crippen LogP contribution in [0.3, 0.4) is 0 Å². The van der Waals surface area contributed by atoms with Crippen LogP contribution in [0.4, 0.5) is 13.2 Å². The molecule has 2 N–H and O–H groups in total. The Morgan fingerprint density at radius 2 is 1.53 bits per heavy atom. The van der Waals surface area contributed by atoms with E-state index in [1.807, 2.05) is 50.3 Å². The zero-order valence-electron chi connectivity index (χ0n) is 61.4. The minimum atomic E-state index is -4.76. The predicted molar refractivity (Wildman–Crippen MR) is 379 cm³/mol. The van der Waals surface area contributed by atoms with Crippen molar-refractivity contribution in [1.82, 2.24) is 39.6 Å². The van der Waals surface area contributed by atoms with Crippen molar-refractivity contribution < 1.29 is 88.3 Å². The highest BCUT2D eigenvalue weighted by Gasteiger charge is 2.64. The smallest absolute Gasteiger partial charge is 0.437 e. The third-order valence-electron chi connectivity index (χ3n) is 22.1. The van der Waals surface area contributed by atoms with Gasteiger partial charge in [-0.1, -0.05) is 50.8 Å². The van der Waals surface area contributed by atoms with Crippen LogP contribution in [0.5, 0.6) is 23.0 Å². The number of nitrogens with zero attached hydrogens (tertiary/aromatic N) is 6. The Labute approximate surface area is 608 Å². The van der Waals surface area contributed by atoms with E-state index in [2.05, 4.69) is 31.4 Å². The number of hydrogen-bond acceptors (Lipinski definition) is 20. The van der Waals surface area contributed by atoms with Crippen LogP contribution in [0.25, 0.3) is 10.9 Å². The van der Waals surface area contributed by atoms with Gasteiger partial charge in [-0.2, -0.15) is 13.2 Å². The van der Waals surface area contributed by atoms with Gasteiger partial charge in [-0.05, 0) is 136 Å². The summed E-state index contributed by atoms with van der Waals surface area (Å²) < 4.78 is 117. The number of carbonyl (C=O) groups is 6. The summed E-state index contributed by atoms with van der Waals surface area (Å²) in [5, 5.41) is 3.90. The van der Waals surface area contributed by atoms with Crippen LogP contribution in [0.15, 0.2) is 49.2 Å². The van der Waals surface area contributed by atoms with E-state index in [4.69, 9.17) is 42.9 Å². The molecule has 4 amide bonds. The number of ether oxygens (including phenoxy) is 8. The minimum Gasteiger partial charge on any atom is -0.492 e. The van der Waals surface area contributed by atoms with Gasteiger partial charge in [0.1, 0.15) is 64.9 Å². The van der Waals surface area contributed by atoms with Gasteiger partial charge in [0.05, 0.1) is 75.2 Å². The SMILES string of the molecule is C=CCCCCC[C@H](C)C(=O)N1C[C@@]2(CCc3c(OCCN4CCOCC4)cnc(C(F)(F)F)c3O2)C[C@H]1C(=O)OC.Cc1nc2ccc(OCCN3CCOCC3)cc2c2c1O[C@]1(CC2)C[C@H]2C(=O)N[C@]3(C(=O)NS(=O)(=O)C4(C)CC4)C[C@H]3/C=C\CCCCC[C@H](CC(=O)OC(C)(C)C)C(=O)N2C1. The molecule has 28 heteroatoms. The number of likely N-dealkylation sites (tertiary alicyclic amines) is 1. The van der Waals surface area contributed by atoms with Crippen LogP contribution >= 0.6 is 0 Å². The first-order valence-corrected chi connectivity index (χ1v) is 38.8. The Bertz CT molecular complexity index is 3800. The number of hydrogen-bond donors (Lipinski definition) is 2. The first kappa shape index (κ1) is 77.9. The fraction of sp³-hybridized carbons (Fsp3) is 0.684. The zero-order chi connectivity index (χ0) is 74.4. The number of esters is 2. The molecule has 0 radical (unpaired) electrons. The molecule has 4 saturated heterocycles. The number of nitrogens with one attached hydrogen (secondary N) is 2. The fourth-order valence-corrected chi connectivity index (χ4v) is 16.9. The number of benzene rings is 1. The van der Waals surface area contributed by atoms with Crippen molar-refractivity contribution in [3.63, 3.8) is 0 Å². The van der Waals surface area contributed by atoms with Crippen LogP contribution < -0.4 is 29.0 Å². The Balaban J connectivity index is 0.000000225. The summed E-state index contributed by atoms with van der Waals surface area (Å²) in [7, 11) is -2.76. The molecule has 0 bridgehead atoms. The van der Waals surface area contributed by atoms with Crippen LogP contribution in [0, 0.1) is 24.7 Å². The molecule has 2 aliphatic carbocycles. The second-order valence-electron chi connectivity index (χ2n) is 31.1. The van der Waals surface area contributed by atoms with E-state index >= 15 is 0 Å². The molecule has 24 nitrogen and oxygen atoms in total. The number of unbranched alkanes of at least 4 members (excludes halogenated alkanes) is 3. The molecule has 12 rings (SSSR count). The number of pyridine rings is 2. The van der Waals surface area contributed by atoms with Crippen molar-refractivity contribution in [3.05, 3.63) is 71.7 Å². The highest BCUT2D eigenvalue weighted by Crippen LogP contribution is 2.52. The molecule has 3 aromatic rings. The van der Waals surface area contributed by atoms with Gasteiger partial charge < -0.3 is 53.0 Å². The number of morpholine rings is 2. The molecule has 2 aromatic heterocycles. The molecule has 0 unspecified atom stereocenters. The second-order valence-corrected chi connectivity index (χ2v) is 33.3. The molecule has 7 aliphatic heterocycles. The molecular weight excluding hydrogens is 1370 g/mol. The first-order chi connectivity index (χ1) is 49.5. The number of halogens is 3. The largest absolute Gasteiger partial charge is 0.492 e. The maximum atomic E-state index is 14.9. The highest BCUT2D eigenvalue weighted by molar-refractivity contribution is 7.91. The molecule has 8 atom stereocenters. The van der Waals surface area contributed by atoms with Crippen LogP contribution in [0.2, 0.25) is 0 Å². The van der Waals surface area contributed by atoms with Crippen molar-refractivity contribution >= 4 is 56.5 Å². The van der Waals surface area contributed by atoms with Crippen LogP contribution in [-0.4, -0.2) is 212 Å². The number of aromatic nitrogens is 2. The molecule has 572 valence electrons. The summed E-state index contributed by atoms with van der Waals surface area (Å²) in [6.07, 6.45) is 12.7. The van der Waals surface area contributed by atoms with Crippen molar-refractivity contribution in [2.75, 3.05) is 99.1 Å². The van der Waals surface area contributed by atoms with Crippen molar-refractivity contribution in [3.8, 4) is 23.0 Å². The Morgan fingerprint density at radius 3 is 2.19 bits per heavy atom. The number of amides is 4. The summed E-state index contributed by atoms with van der Waals surface area (Å²) in [5.74, 6) is -3.34. The van der Waals surface area contributed by atoms with Crippen molar-refractivity contribution in [2.45, 2.75) is 215 Å². The van der Waals surface area contributed by atoms with E-state index in [9.17, 15) is 50.4 Å². The van der Waals surface area contributed by atoms with Crippen molar-refractivity contribution in [1.29, 1.82) is 0 Å². The highest BCUT2D eigenvalue weighted by atomic mass is 32.2. The normalized spacial score (nSPS) is 27.0. The van der Waals surface area contributed by atoms with E-state index in [1.165, 1.54) is 12.0 Å². The monoisotopic (exact) mass is 1470 g/mol. The van der Waals surface area contributed by atoms with Crippen LogP contribution in [0.1, 0.15) is 173 Å². The molecule has 2 saturated carbocycles. The molecular formula is C76H105F3N8O16S. The predicted octanol–water partition coefficient (Wildman–Crippen LogP) is 9.08. The van der Waals surface area contributed by atoms with Gasteiger partial charge in [-0.25, -0.2) is 23.2 Å². The fourth-order valence-electron chi connectivity index (χ4n) is 15.6. The summed E-state index contributed by atoms with van der Waals surface area (Å²) in [4.78, 5) is 99.5. The number of alkyl halides is 3. The van der Waals surface area contributed by atoms with E-state index in [0.717, 1.165) is 113 Å². The van der Waals surface area contributed by atoms with E-state index in [1.54, 1.807) is 32.6 Å². The van der Waals surface area contributed by atoms with Gasteiger partial charge in [0.2, 0.25) is 27.7 Å². The lowest BCUT2D eigenvalue weighted by Crippen LogP contribution is -2.57. The summed E-state index contributed by atoms with van der Waals surface area (Å²) >= 11 is 0. The maximum Gasteiger partial charge on any atom is 0.437 e. The number of methoxy groups -OCH3 is 1. The van der Waals surface area contributed by atoms with E-state index in [-0.39, 0.29) is 81.0 Å². The molecule has 6 fully saturated rings. The third kappa shape index (κ3) is 18.3. The van der Waals surface area contributed by atoms with Gasteiger partial charge in [-0.15, -0.1) is 6.58 Å². The Kier molecular flexibility index (Phi) is 24.4. The third-order valence-corrected chi connectivity index (χ3v) is 24.2. The van der Waals surface area contributed by atoms with Crippen molar-refractivity contribution in [2.24, 2.45) is 17.8 Å². The summed E-state index contributed by atoms with van der Waals surface area (Å²) in [5.41, 5.74) is -2.77. The topological polar surface area (TPSA) is 273 Å². The minimum absolute atomic E-state index is 0.00867. The van der Waals surface area contributed by atoms with Gasteiger partial charge in [-0.3, -0.25) is 38.5 Å². The van der Waals surface area contributed by atoms with Gasteiger partial charge in [0.15, 0.2) is 11.4 Å². The number of allylic oxidation sites excluding steroid dienone is 2. The second kappa shape index (κ2) is 32.5. The van der Waals surface area contributed by atoms with E-state index < -0.39 is 96.7 Å². The number of fused-ring (bicyclic) bond motifs is 6. The van der Waals surface area contributed by atoms with Crippen LogP contribution in [-0.2, 0) is 76.8 Å². The quantitative estimate of drug-likeness (QED) is 0.0571. The average molecular weight is 1480 g/mol. The standard InChI is InChI=1S/C46H63N5O10S.C30H42F3N3O6/c1-30-39-34(35-26-33(13-14-36(35)47-30)59-24-21-50-19-22-58-23-20-50)15-16-45(61-39)28-37-40(53)48-46(42(55)49-62(56,57)44(5)17-18-44)27-32(46)12-10-8-6-7-9-11-31(41(54)51(37)29-45)25-38(52)60-43(2,3)4;1-4-5-6-7-8-9-21(2)27(37)36-20-29(18-23(36)28(38)39-3)11-10-22-24(41-17-14-35-12-15-40-16-13-35)19-34-26(25(22)42-29)30(31,32)33/h10,12-14,26,31-32,37H,6-9,11,15-25,27-29H2,1-5H3,(H,48,53)(H,49,55);4,19,21,23H,1,5-18,20H2,2-3H3/b12-10-;/t31-,32-,37+,45-,46-;21-,23-,29+/m10/s1. The lowest BCUT2D eigenvalue weighted by atomic mass is 9.87. The summed E-state index contributed by atoms with van der Waals surface area (Å²) in [6, 6.07) is 3.89. The number of aryl methyl sites for hydroxylation is 2. The molecule has 1 aromatic carbocycles. The van der Waals surface area contributed by atoms with Gasteiger partial charge in [0.25, 0.3) is 5.91 Å². The van der Waals surface area contributed by atoms with Gasteiger partial charge in [0, 0.05) is 86.4 Å². The zero-order valence-corrected chi connectivity index (χ0v) is 62.3. The first-order valence-electron chi connectivity index (χ1n) is 37.3. The number of sulfonamides is 1. The number of carbonyl (C=O) groups excluding carboxylic acids is 6. The molecule has 9 aliphatic rings. The van der Waals surface area contributed by atoms with Gasteiger partial charge >= 0.3 is 18.1 Å². The molecule has 104 heavy (non-hydrogen) atoms. The molecule has 9 heterocycles. The van der Waals surface area contributed by atoms with E-state index in [0.29, 0.717) is 101 Å². The maximum absolute atomic E-state index is 14.9. The Hall–Kier alpha value is -7.14. The number of rotatable bonds is 21. The Morgan fingerprint density at radius 1 is 0.856 bits per heavy atom. The lowest BCUT2D eigenvalue weighted by Gasteiger charge is -2.37. The summed E-state index contributed by atoms with van der Waals surface area (Å²) in [6.45, 7) is 22.7. The lowest BCUT2D eigenvalue weighted by molar-refractivity contribution is -0.159.